The summed E-state index contributed by atoms with van der Waals surface area (Å²) in [4.78, 5) is 39.5. The van der Waals surface area contributed by atoms with Gasteiger partial charge in [0.25, 0.3) is 5.91 Å². The molecule has 378 valence electrons. The maximum atomic E-state index is 17.1. The number of amides is 1. The molecule has 5 fully saturated rings. The number of aryl methyl sites for hydroxylation is 1. The number of aromatic hydroxyl groups is 1. The largest absolute Gasteiger partial charge is 0.508 e. The Hall–Kier alpha value is -5.92. The number of fused-ring (bicyclic) bond motifs is 2. The van der Waals surface area contributed by atoms with Crippen LogP contribution >= 0.6 is 0 Å². The first-order valence-electron chi connectivity index (χ1n) is 26.2. The quantitative estimate of drug-likeness (QED) is 0.110. The predicted molar refractivity (Wildman–Crippen MR) is 279 cm³/mol. The highest BCUT2D eigenvalue weighted by atomic mass is 19.1. The lowest BCUT2D eigenvalue weighted by Gasteiger charge is -2.47. The van der Waals surface area contributed by atoms with E-state index in [0.717, 1.165) is 115 Å². The first-order valence-corrected chi connectivity index (χ1v) is 26.2. The van der Waals surface area contributed by atoms with Crippen LogP contribution in [0.5, 0.6) is 11.8 Å². The number of nitrogens with zero attached hydrogens (tertiary/aromatic N) is 8. The van der Waals surface area contributed by atoms with Crippen LogP contribution in [0.1, 0.15) is 92.6 Å². The second-order valence-corrected chi connectivity index (χ2v) is 22.4. The number of benzene rings is 3. The molecule has 2 saturated carbocycles. The fourth-order valence-electron chi connectivity index (χ4n) is 12.5. The number of hydrogen-bond acceptors (Lipinski definition) is 12. The van der Waals surface area contributed by atoms with Gasteiger partial charge in [0.05, 0.1) is 24.2 Å². The van der Waals surface area contributed by atoms with Crippen molar-refractivity contribution in [1.29, 1.82) is 0 Å². The SMILES string of the molecule is C#Cc1c(F)ccc2cc(O)cc(-c3ncc4c(N5CCCC(C)(N)C5)nc(OCC5(CN6CCN(CC7CCC8(CC7)CCN(C(=O)c7ccc(C)c(N9C=CCNC9)c7)CC8)CC6)CC5)nc4c3F)c12. The van der Waals surface area contributed by atoms with Crippen molar-refractivity contribution in [2.24, 2.45) is 22.5 Å². The third-order valence-corrected chi connectivity index (χ3v) is 17.0. The molecular formula is C57H68F2N10O3. The van der Waals surface area contributed by atoms with Gasteiger partial charge in [0.15, 0.2) is 5.82 Å². The van der Waals surface area contributed by atoms with Crippen molar-refractivity contribution in [3.8, 4) is 35.4 Å². The van der Waals surface area contributed by atoms with Gasteiger partial charge in [-0.2, -0.15) is 9.97 Å². The molecule has 1 spiro atoms. The molecule has 4 N–H and O–H groups in total. The highest BCUT2D eigenvalue weighted by Crippen LogP contribution is 2.49. The van der Waals surface area contributed by atoms with Gasteiger partial charge in [-0.05, 0) is 131 Å². The van der Waals surface area contributed by atoms with Crippen molar-refractivity contribution in [3.63, 3.8) is 0 Å². The molecule has 1 atom stereocenters. The Morgan fingerprint density at radius 1 is 0.958 bits per heavy atom. The standard InChI is InChI=1S/C57H68F2N10O3/c1-4-43-46(58)10-9-40-29-42(70)31-44(48(40)43)50-49(59)51-45(32-62-50)52(68-21-5-13-55(3,60)34-68)64-54(63-51)72-36-57(16-17-57)35-66-27-25-65(26-28-66)33-39-11-14-56(15-12-39)18-23-67(24-19-56)53(71)41-8-7-38(2)47(30-41)69-22-6-20-61-37-69/h1,6-10,22,29-32,39,61,70H,5,11-21,23-28,33-37,60H2,2-3H3. The topological polar surface area (TPSA) is 139 Å². The zero-order chi connectivity index (χ0) is 49.8. The zero-order valence-corrected chi connectivity index (χ0v) is 41.9. The summed E-state index contributed by atoms with van der Waals surface area (Å²) in [5.74, 6) is 2.28. The summed E-state index contributed by atoms with van der Waals surface area (Å²) in [6, 6.07) is 11.8. The summed E-state index contributed by atoms with van der Waals surface area (Å²) >= 11 is 0. The molecule has 13 nitrogen and oxygen atoms in total. The smallest absolute Gasteiger partial charge is 0.319 e. The van der Waals surface area contributed by atoms with Crippen LogP contribution in [0.15, 0.2) is 60.9 Å². The average molecular weight is 979 g/mol. The highest BCUT2D eigenvalue weighted by Gasteiger charge is 2.46. The first kappa shape index (κ1) is 48.4. The molecule has 6 heterocycles. The molecule has 15 heteroatoms. The number of halogens is 2. The predicted octanol–water partition coefficient (Wildman–Crippen LogP) is 8.21. The van der Waals surface area contributed by atoms with Crippen LogP contribution in [0, 0.1) is 47.6 Å². The number of carbonyl (C=O) groups is 1. The third kappa shape index (κ3) is 9.83. The summed E-state index contributed by atoms with van der Waals surface area (Å²) in [5, 5.41) is 15.2. The maximum Gasteiger partial charge on any atom is 0.319 e. The fraction of sp³-hybridized carbons (Fsp3) is 0.509. The Balaban J connectivity index is 0.703. The van der Waals surface area contributed by atoms with Crippen LogP contribution in [0.4, 0.5) is 20.3 Å². The van der Waals surface area contributed by atoms with E-state index >= 15 is 8.78 Å². The number of aromatic nitrogens is 3. The minimum absolute atomic E-state index is 0.0162. The normalized spacial score (nSPS) is 22.7. The summed E-state index contributed by atoms with van der Waals surface area (Å²) in [5.41, 5.74) is 9.58. The fourth-order valence-corrected chi connectivity index (χ4v) is 12.5. The molecule has 1 unspecified atom stereocenters. The van der Waals surface area contributed by atoms with E-state index in [1.807, 2.05) is 13.0 Å². The number of hydrogen-bond donors (Lipinski definition) is 3. The zero-order valence-electron chi connectivity index (χ0n) is 41.9. The van der Waals surface area contributed by atoms with Crippen molar-refractivity contribution in [1.82, 2.24) is 35.0 Å². The average Bonchev–Trinajstić information content (AvgIpc) is 4.16. The van der Waals surface area contributed by atoms with Crippen LogP contribution in [-0.4, -0.2) is 131 Å². The van der Waals surface area contributed by atoms with Crippen LogP contribution < -0.4 is 25.6 Å². The summed E-state index contributed by atoms with van der Waals surface area (Å²) in [6.45, 7) is 15.2. The van der Waals surface area contributed by atoms with Gasteiger partial charge in [-0.15, -0.1) is 6.42 Å². The Labute approximate surface area is 421 Å². The molecule has 1 amide bonds. The molecule has 11 rings (SSSR count). The summed E-state index contributed by atoms with van der Waals surface area (Å²) < 4.78 is 38.7. The second-order valence-electron chi connectivity index (χ2n) is 22.4. The van der Waals surface area contributed by atoms with E-state index in [1.165, 1.54) is 61.7 Å². The van der Waals surface area contributed by atoms with Gasteiger partial charge in [0, 0.05) is 118 Å². The lowest BCUT2D eigenvalue weighted by atomic mass is 9.65. The molecule has 4 aliphatic heterocycles. The molecule has 6 aliphatic rings. The number of pyridine rings is 1. The van der Waals surface area contributed by atoms with Gasteiger partial charge in [0.2, 0.25) is 0 Å². The number of rotatable bonds is 11. The van der Waals surface area contributed by atoms with Crippen LogP contribution in [0.2, 0.25) is 0 Å². The number of piperazine rings is 1. The first-order chi connectivity index (χ1) is 34.8. The van der Waals surface area contributed by atoms with Crippen LogP contribution in [0.25, 0.3) is 32.9 Å². The number of nitrogens with one attached hydrogen (secondary N) is 1. The van der Waals surface area contributed by atoms with E-state index in [4.69, 9.17) is 26.9 Å². The second kappa shape index (κ2) is 19.5. The number of anilines is 2. The molecular weight excluding hydrogens is 911 g/mol. The minimum Gasteiger partial charge on any atom is -0.508 e. The number of phenols is 1. The molecule has 0 bridgehead atoms. The summed E-state index contributed by atoms with van der Waals surface area (Å²) in [7, 11) is 0. The van der Waals surface area contributed by atoms with Gasteiger partial charge >= 0.3 is 6.01 Å². The number of likely N-dealkylation sites (tertiary alicyclic amines) is 1. The van der Waals surface area contributed by atoms with E-state index in [2.05, 4.69) is 72.1 Å². The van der Waals surface area contributed by atoms with E-state index in [9.17, 15) is 9.90 Å². The Kier molecular flexibility index (Phi) is 13.1. The Bertz CT molecular complexity index is 2940. The van der Waals surface area contributed by atoms with Crippen molar-refractivity contribution in [2.45, 2.75) is 83.6 Å². The number of carbonyl (C=O) groups excluding carboxylic acids is 1. The van der Waals surface area contributed by atoms with E-state index in [-0.39, 0.29) is 50.8 Å². The van der Waals surface area contributed by atoms with Crippen molar-refractivity contribution in [3.05, 3.63) is 89.3 Å². The highest BCUT2D eigenvalue weighted by molar-refractivity contribution is 6.03. The van der Waals surface area contributed by atoms with Crippen molar-refractivity contribution >= 4 is 39.1 Å². The number of piperidine rings is 2. The molecule has 3 saturated heterocycles. The number of phenolic OH excluding ortho intramolecular Hbond substituents is 1. The van der Waals surface area contributed by atoms with Crippen molar-refractivity contribution < 1.29 is 23.4 Å². The molecule has 2 aromatic heterocycles. The molecule has 72 heavy (non-hydrogen) atoms. The molecule has 0 radical (unpaired) electrons. The van der Waals surface area contributed by atoms with E-state index in [1.54, 1.807) is 0 Å². The van der Waals surface area contributed by atoms with Gasteiger partial charge in [-0.1, -0.05) is 24.1 Å². The van der Waals surface area contributed by atoms with Gasteiger partial charge in [-0.25, -0.2) is 8.78 Å². The van der Waals surface area contributed by atoms with E-state index in [0.29, 0.717) is 47.6 Å². The van der Waals surface area contributed by atoms with Gasteiger partial charge < -0.3 is 40.1 Å². The monoisotopic (exact) mass is 979 g/mol. The van der Waals surface area contributed by atoms with Gasteiger partial charge in [0.1, 0.15) is 28.6 Å². The van der Waals surface area contributed by atoms with Crippen LogP contribution in [-0.2, 0) is 0 Å². The van der Waals surface area contributed by atoms with Crippen molar-refractivity contribution in [2.75, 3.05) is 95.1 Å². The molecule has 5 aromatic rings. The Morgan fingerprint density at radius 2 is 1.74 bits per heavy atom. The summed E-state index contributed by atoms with van der Waals surface area (Å²) in [6.07, 6.45) is 22.5. The van der Waals surface area contributed by atoms with E-state index < -0.39 is 17.2 Å². The van der Waals surface area contributed by atoms with Gasteiger partial charge in [-0.3, -0.25) is 15.1 Å². The number of nitrogens with two attached hydrogens (primary N) is 1. The number of terminal acetylenes is 1. The molecule has 3 aromatic carbocycles. The maximum absolute atomic E-state index is 17.1. The third-order valence-electron chi connectivity index (χ3n) is 17.0. The Morgan fingerprint density at radius 3 is 2.46 bits per heavy atom. The number of ether oxygens (including phenoxy) is 1. The lowest BCUT2D eigenvalue weighted by Crippen LogP contribution is -2.52. The minimum atomic E-state index is -0.745. The lowest BCUT2D eigenvalue weighted by molar-refractivity contribution is 0.0313. The van der Waals surface area contributed by atoms with Crippen LogP contribution in [0.3, 0.4) is 0 Å². The molecule has 2 aliphatic carbocycles.